The monoisotopic (exact) mass is 303 g/mol. The molecule has 0 saturated heterocycles. The molecule has 0 amide bonds. The van der Waals surface area contributed by atoms with Gasteiger partial charge < -0.3 is 5.32 Å². The normalized spacial score (nSPS) is 10.4. The molecule has 0 saturated carbocycles. The summed E-state index contributed by atoms with van der Waals surface area (Å²) in [5.41, 5.74) is 6.40. The van der Waals surface area contributed by atoms with Gasteiger partial charge in [0.05, 0.1) is 0 Å². The van der Waals surface area contributed by atoms with Crippen molar-refractivity contribution >= 4 is 21.6 Å². The predicted molar refractivity (Wildman–Crippen MR) is 82.1 cm³/mol. The fourth-order valence-corrected chi connectivity index (χ4v) is 2.32. The Labute approximate surface area is 117 Å². The van der Waals surface area contributed by atoms with Crippen molar-refractivity contribution in [2.45, 2.75) is 27.3 Å². The van der Waals surface area contributed by atoms with Crippen LogP contribution in [0.25, 0.3) is 0 Å². The van der Waals surface area contributed by atoms with E-state index in [1.807, 2.05) is 0 Å². The fraction of sp³-hybridized carbons (Fsp3) is 0.250. The van der Waals surface area contributed by atoms with Crippen molar-refractivity contribution in [2.75, 3.05) is 5.32 Å². The van der Waals surface area contributed by atoms with Crippen LogP contribution in [0.5, 0.6) is 0 Å². The average Bonchev–Trinajstić information content (AvgIpc) is 2.32. The van der Waals surface area contributed by atoms with Crippen molar-refractivity contribution in [3.8, 4) is 0 Å². The molecule has 0 aliphatic rings. The molecule has 18 heavy (non-hydrogen) atoms. The first-order chi connectivity index (χ1) is 8.56. The number of halogens is 1. The van der Waals surface area contributed by atoms with Gasteiger partial charge in [0.15, 0.2) is 0 Å². The SMILES string of the molecule is Cc1ccc(CNc2ccc(C)c(Br)c2)c(C)c1. The van der Waals surface area contributed by atoms with E-state index in [4.69, 9.17) is 0 Å². The largest absolute Gasteiger partial charge is 0.381 e. The van der Waals surface area contributed by atoms with Crippen LogP contribution in [0.15, 0.2) is 40.9 Å². The molecule has 0 aliphatic carbocycles. The van der Waals surface area contributed by atoms with Gasteiger partial charge >= 0.3 is 0 Å². The number of rotatable bonds is 3. The minimum atomic E-state index is 0.863. The Morgan fingerprint density at radius 3 is 2.39 bits per heavy atom. The van der Waals surface area contributed by atoms with E-state index >= 15 is 0 Å². The van der Waals surface area contributed by atoms with Crippen molar-refractivity contribution in [1.29, 1.82) is 0 Å². The smallest absolute Gasteiger partial charge is 0.0403 e. The Morgan fingerprint density at radius 2 is 1.72 bits per heavy atom. The zero-order valence-corrected chi connectivity index (χ0v) is 12.6. The first-order valence-corrected chi connectivity index (χ1v) is 6.92. The minimum absolute atomic E-state index is 0.863. The number of nitrogens with one attached hydrogen (secondary N) is 1. The van der Waals surface area contributed by atoms with Crippen LogP contribution in [-0.2, 0) is 6.54 Å². The van der Waals surface area contributed by atoms with Gasteiger partial charge in [-0.3, -0.25) is 0 Å². The zero-order valence-electron chi connectivity index (χ0n) is 11.0. The summed E-state index contributed by atoms with van der Waals surface area (Å²) in [6.45, 7) is 7.25. The summed E-state index contributed by atoms with van der Waals surface area (Å²) in [6, 6.07) is 12.9. The van der Waals surface area contributed by atoms with Crippen molar-refractivity contribution in [2.24, 2.45) is 0 Å². The molecule has 1 N–H and O–H groups in total. The summed E-state index contributed by atoms with van der Waals surface area (Å²) in [5, 5.41) is 3.46. The van der Waals surface area contributed by atoms with E-state index in [1.165, 1.54) is 22.3 Å². The van der Waals surface area contributed by atoms with Crippen LogP contribution in [0.2, 0.25) is 0 Å². The maximum atomic E-state index is 3.56. The highest BCUT2D eigenvalue weighted by molar-refractivity contribution is 9.10. The lowest BCUT2D eigenvalue weighted by atomic mass is 10.1. The number of anilines is 1. The highest BCUT2D eigenvalue weighted by atomic mass is 79.9. The van der Waals surface area contributed by atoms with Gasteiger partial charge in [0.2, 0.25) is 0 Å². The molecule has 0 heterocycles. The maximum Gasteiger partial charge on any atom is 0.0403 e. The first kappa shape index (κ1) is 13.2. The molecule has 94 valence electrons. The van der Waals surface area contributed by atoms with Gasteiger partial charge in [-0.1, -0.05) is 45.8 Å². The van der Waals surface area contributed by atoms with Crippen LogP contribution in [0.4, 0.5) is 5.69 Å². The van der Waals surface area contributed by atoms with Crippen LogP contribution in [0, 0.1) is 20.8 Å². The lowest BCUT2D eigenvalue weighted by Gasteiger charge is -2.11. The summed E-state index contributed by atoms with van der Waals surface area (Å²) in [7, 11) is 0. The minimum Gasteiger partial charge on any atom is -0.381 e. The van der Waals surface area contributed by atoms with Gasteiger partial charge in [0.1, 0.15) is 0 Å². The number of aryl methyl sites for hydroxylation is 3. The molecule has 0 fully saturated rings. The third-order valence-electron chi connectivity index (χ3n) is 3.15. The summed E-state index contributed by atoms with van der Waals surface area (Å²) in [6.07, 6.45) is 0. The summed E-state index contributed by atoms with van der Waals surface area (Å²) < 4.78 is 1.15. The lowest BCUT2D eigenvalue weighted by molar-refractivity contribution is 1.11. The Hall–Kier alpha value is -1.28. The second kappa shape index (κ2) is 5.57. The standard InChI is InChI=1S/C16H18BrN/c1-11-4-6-14(13(3)8-11)10-18-15-7-5-12(2)16(17)9-15/h4-9,18H,10H2,1-3H3. The molecule has 2 heteroatoms. The number of hydrogen-bond acceptors (Lipinski definition) is 1. The molecule has 2 aromatic rings. The van der Waals surface area contributed by atoms with E-state index in [9.17, 15) is 0 Å². The third kappa shape index (κ3) is 3.14. The van der Waals surface area contributed by atoms with E-state index in [2.05, 4.69) is 78.4 Å². The second-order valence-electron chi connectivity index (χ2n) is 4.75. The summed E-state index contributed by atoms with van der Waals surface area (Å²) in [5.74, 6) is 0. The van der Waals surface area contributed by atoms with E-state index in [0.29, 0.717) is 0 Å². The molecule has 0 spiro atoms. The molecule has 0 unspecified atom stereocenters. The molecule has 1 nitrogen and oxygen atoms in total. The molecule has 0 aromatic heterocycles. The van der Waals surface area contributed by atoms with Crippen LogP contribution in [-0.4, -0.2) is 0 Å². The Bertz CT molecular complexity index is 561. The van der Waals surface area contributed by atoms with Crippen LogP contribution < -0.4 is 5.32 Å². The summed E-state index contributed by atoms with van der Waals surface area (Å²) in [4.78, 5) is 0. The Kier molecular flexibility index (Phi) is 4.07. The average molecular weight is 304 g/mol. The van der Waals surface area contributed by atoms with Crippen molar-refractivity contribution in [1.82, 2.24) is 0 Å². The number of hydrogen-bond donors (Lipinski definition) is 1. The van der Waals surface area contributed by atoms with Crippen molar-refractivity contribution in [3.05, 3.63) is 63.1 Å². The molecule has 2 aromatic carbocycles. The van der Waals surface area contributed by atoms with Gasteiger partial charge in [-0.25, -0.2) is 0 Å². The molecule has 2 rings (SSSR count). The van der Waals surface area contributed by atoms with E-state index in [-0.39, 0.29) is 0 Å². The first-order valence-electron chi connectivity index (χ1n) is 6.12. The second-order valence-corrected chi connectivity index (χ2v) is 5.60. The van der Waals surface area contributed by atoms with Crippen LogP contribution in [0.1, 0.15) is 22.3 Å². The predicted octanol–water partition coefficient (Wildman–Crippen LogP) is 4.99. The lowest BCUT2D eigenvalue weighted by Crippen LogP contribution is -2.01. The van der Waals surface area contributed by atoms with E-state index in [0.717, 1.165) is 16.7 Å². The molecule has 0 atom stereocenters. The third-order valence-corrected chi connectivity index (χ3v) is 4.01. The topological polar surface area (TPSA) is 12.0 Å². The van der Waals surface area contributed by atoms with Gasteiger partial charge in [0, 0.05) is 16.7 Å². The molecule has 0 radical (unpaired) electrons. The van der Waals surface area contributed by atoms with E-state index in [1.54, 1.807) is 0 Å². The molecule has 0 aliphatic heterocycles. The quantitative estimate of drug-likeness (QED) is 0.842. The van der Waals surface area contributed by atoms with E-state index < -0.39 is 0 Å². The molecular weight excluding hydrogens is 286 g/mol. The van der Waals surface area contributed by atoms with Crippen LogP contribution in [0.3, 0.4) is 0 Å². The van der Waals surface area contributed by atoms with Crippen molar-refractivity contribution in [3.63, 3.8) is 0 Å². The van der Waals surface area contributed by atoms with Gasteiger partial charge in [-0.2, -0.15) is 0 Å². The van der Waals surface area contributed by atoms with Gasteiger partial charge in [0.25, 0.3) is 0 Å². The highest BCUT2D eigenvalue weighted by Crippen LogP contribution is 2.21. The molecule has 0 bridgehead atoms. The van der Waals surface area contributed by atoms with Crippen LogP contribution >= 0.6 is 15.9 Å². The van der Waals surface area contributed by atoms with Gasteiger partial charge in [-0.15, -0.1) is 0 Å². The molecular formula is C16H18BrN. The highest BCUT2D eigenvalue weighted by Gasteiger charge is 2.00. The summed E-state index contributed by atoms with van der Waals surface area (Å²) >= 11 is 3.56. The zero-order chi connectivity index (χ0) is 13.1. The maximum absolute atomic E-state index is 3.56. The Balaban J connectivity index is 2.09. The fourth-order valence-electron chi connectivity index (χ4n) is 1.94. The van der Waals surface area contributed by atoms with Crippen molar-refractivity contribution < 1.29 is 0 Å². The Morgan fingerprint density at radius 1 is 0.944 bits per heavy atom. The number of benzene rings is 2. The van der Waals surface area contributed by atoms with Gasteiger partial charge in [-0.05, 0) is 49.6 Å².